The third kappa shape index (κ3) is 6.42. The van der Waals surface area contributed by atoms with Crippen molar-refractivity contribution in [1.82, 2.24) is 14.6 Å². The van der Waals surface area contributed by atoms with E-state index in [4.69, 9.17) is 4.74 Å². The van der Waals surface area contributed by atoms with Crippen molar-refractivity contribution in [3.8, 4) is 0 Å². The molecule has 1 heterocycles. The number of carbonyl (C=O) groups excluding carboxylic acids is 3. The Bertz CT molecular complexity index is 1360. The molecule has 10 nitrogen and oxygen atoms in total. The topological polar surface area (TPSA) is 133 Å². The number of benzene rings is 2. The van der Waals surface area contributed by atoms with Crippen LogP contribution >= 0.6 is 0 Å². The van der Waals surface area contributed by atoms with Gasteiger partial charge in [-0.1, -0.05) is 36.4 Å². The van der Waals surface area contributed by atoms with Crippen LogP contribution in [0, 0.1) is 0 Å². The van der Waals surface area contributed by atoms with Crippen LogP contribution in [0.25, 0.3) is 10.9 Å². The van der Waals surface area contributed by atoms with Gasteiger partial charge in [0.2, 0.25) is 5.91 Å². The fourth-order valence-electron chi connectivity index (χ4n) is 3.52. The highest BCUT2D eigenvalue weighted by Crippen LogP contribution is 2.27. The van der Waals surface area contributed by atoms with Gasteiger partial charge < -0.3 is 20.1 Å². The summed E-state index contributed by atoms with van der Waals surface area (Å²) in [5.74, 6) is -1.32. The van der Waals surface area contributed by atoms with Gasteiger partial charge in [0.25, 0.3) is 10.0 Å². The lowest BCUT2D eigenvalue weighted by molar-refractivity contribution is -0.141. The van der Waals surface area contributed by atoms with E-state index >= 15 is 0 Å². The molecule has 2 amide bonds. The van der Waals surface area contributed by atoms with Crippen LogP contribution in [0.1, 0.15) is 26.3 Å². The number of ether oxygens (including phenoxy) is 2. The predicted octanol–water partition coefficient (Wildman–Crippen LogP) is 2.60. The van der Waals surface area contributed by atoms with E-state index in [2.05, 4.69) is 15.4 Å². The number of amides is 2. The summed E-state index contributed by atoms with van der Waals surface area (Å²) in [6, 6.07) is 13.7. The van der Waals surface area contributed by atoms with Crippen molar-refractivity contribution in [3.63, 3.8) is 0 Å². The molecule has 0 radical (unpaired) electrons. The maximum absolute atomic E-state index is 13.4. The molecule has 11 heteroatoms. The second kappa shape index (κ2) is 10.8. The third-order valence-corrected chi connectivity index (χ3v) is 6.81. The van der Waals surface area contributed by atoms with Crippen LogP contribution in [0.4, 0.5) is 4.79 Å². The molecule has 192 valence electrons. The van der Waals surface area contributed by atoms with Crippen LogP contribution in [0.3, 0.4) is 0 Å². The minimum atomic E-state index is -3.93. The molecule has 0 aliphatic heterocycles. The molecule has 0 saturated carbocycles. The van der Waals surface area contributed by atoms with Crippen LogP contribution in [0.15, 0.2) is 65.7 Å². The first-order valence-corrected chi connectivity index (χ1v) is 12.6. The zero-order valence-electron chi connectivity index (χ0n) is 20.5. The van der Waals surface area contributed by atoms with Crippen molar-refractivity contribution in [2.75, 3.05) is 13.7 Å². The molecule has 3 aromatic rings. The largest absolute Gasteiger partial charge is 0.468 e. The highest BCUT2D eigenvalue weighted by Gasteiger charge is 2.28. The summed E-state index contributed by atoms with van der Waals surface area (Å²) >= 11 is 0. The van der Waals surface area contributed by atoms with Gasteiger partial charge in [0.1, 0.15) is 18.2 Å². The number of esters is 1. The summed E-state index contributed by atoms with van der Waals surface area (Å²) in [5.41, 5.74) is 0.110. The zero-order valence-corrected chi connectivity index (χ0v) is 21.3. The predicted molar refractivity (Wildman–Crippen MR) is 133 cm³/mol. The van der Waals surface area contributed by atoms with E-state index in [1.54, 1.807) is 63.2 Å². The lowest BCUT2D eigenvalue weighted by Crippen LogP contribution is -2.50. The van der Waals surface area contributed by atoms with E-state index in [9.17, 15) is 22.8 Å². The fourth-order valence-corrected chi connectivity index (χ4v) is 4.93. The lowest BCUT2D eigenvalue weighted by Gasteiger charge is -2.23. The Labute approximate surface area is 209 Å². The molecule has 3 rings (SSSR count). The Kier molecular flexibility index (Phi) is 8.03. The zero-order chi connectivity index (χ0) is 26.5. The fraction of sp³-hybridized carbons (Fsp3) is 0.320. The van der Waals surface area contributed by atoms with E-state index < -0.39 is 46.2 Å². The first-order chi connectivity index (χ1) is 16.9. The summed E-state index contributed by atoms with van der Waals surface area (Å²) < 4.78 is 37.7. The van der Waals surface area contributed by atoms with Gasteiger partial charge in [0.15, 0.2) is 0 Å². The molecule has 0 spiro atoms. The SMILES string of the molecule is COC(=O)CNC(=O)[C@H](Cc1cn(S(=O)(=O)c2ccccc2)c2ccccc12)NC(=O)OC(C)(C)C. The maximum atomic E-state index is 13.4. The van der Waals surface area contributed by atoms with Gasteiger partial charge in [-0.05, 0) is 44.5 Å². The van der Waals surface area contributed by atoms with E-state index in [0.29, 0.717) is 16.5 Å². The number of hydrogen-bond donors (Lipinski definition) is 2. The molecule has 0 fully saturated rings. The summed E-state index contributed by atoms with van der Waals surface area (Å²) in [4.78, 5) is 37.0. The number of fused-ring (bicyclic) bond motifs is 1. The Morgan fingerprint density at radius 3 is 2.28 bits per heavy atom. The number of nitrogens with one attached hydrogen (secondary N) is 2. The summed E-state index contributed by atoms with van der Waals surface area (Å²) in [7, 11) is -2.74. The number of nitrogens with zero attached hydrogens (tertiary/aromatic N) is 1. The molecule has 0 saturated heterocycles. The monoisotopic (exact) mass is 515 g/mol. The van der Waals surface area contributed by atoms with Crippen LogP contribution in [-0.2, 0) is 35.5 Å². The molecule has 0 unspecified atom stereocenters. The van der Waals surface area contributed by atoms with Gasteiger partial charge in [0.05, 0.1) is 17.5 Å². The molecular weight excluding hydrogens is 486 g/mol. The molecule has 0 bridgehead atoms. The summed E-state index contributed by atoms with van der Waals surface area (Å²) in [6.45, 7) is 4.65. The second-order valence-corrected chi connectivity index (χ2v) is 10.8. The molecule has 2 aromatic carbocycles. The van der Waals surface area contributed by atoms with Crippen LogP contribution < -0.4 is 10.6 Å². The standard InChI is InChI=1S/C25H29N3O7S/c1-25(2,3)35-24(31)27-20(23(30)26-15-22(29)34-4)14-17-16-28(21-13-9-8-12-19(17)21)36(32,33)18-10-6-5-7-11-18/h5-13,16,20H,14-15H2,1-4H3,(H,26,30)(H,27,31)/t20-/m0/s1. The quantitative estimate of drug-likeness (QED) is 0.441. The van der Waals surface area contributed by atoms with E-state index in [1.165, 1.54) is 25.4 Å². The third-order valence-electron chi connectivity index (χ3n) is 5.13. The average Bonchev–Trinajstić information content (AvgIpc) is 3.20. The lowest BCUT2D eigenvalue weighted by atomic mass is 10.0. The second-order valence-electron chi connectivity index (χ2n) is 8.98. The highest BCUT2D eigenvalue weighted by molar-refractivity contribution is 7.90. The normalized spacial score (nSPS) is 12.6. The number of methoxy groups -OCH3 is 1. The van der Waals surface area contributed by atoms with Gasteiger partial charge >= 0.3 is 12.1 Å². The molecular formula is C25H29N3O7S. The Morgan fingerprint density at radius 1 is 1.00 bits per heavy atom. The van der Waals surface area contributed by atoms with E-state index in [1.807, 2.05) is 0 Å². The summed E-state index contributed by atoms with van der Waals surface area (Å²) in [5, 5.41) is 5.54. The van der Waals surface area contributed by atoms with Gasteiger partial charge in [0, 0.05) is 18.0 Å². The van der Waals surface area contributed by atoms with Crippen LogP contribution in [-0.4, -0.2) is 55.7 Å². The molecule has 36 heavy (non-hydrogen) atoms. The number of aromatic nitrogens is 1. The van der Waals surface area contributed by atoms with Gasteiger partial charge in [-0.3, -0.25) is 9.59 Å². The van der Waals surface area contributed by atoms with Gasteiger partial charge in [-0.25, -0.2) is 17.2 Å². The van der Waals surface area contributed by atoms with Crippen molar-refractivity contribution in [2.45, 2.75) is 43.7 Å². The Hall–Kier alpha value is -3.86. The number of hydrogen-bond acceptors (Lipinski definition) is 7. The van der Waals surface area contributed by atoms with Crippen molar-refractivity contribution in [2.24, 2.45) is 0 Å². The molecule has 1 atom stereocenters. The maximum Gasteiger partial charge on any atom is 0.408 e. The van der Waals surface area contributed by atoms with Gasteiger partial charge in [-0.2, -0.15) is 0 Å². The van der Waals surface area contributed by atoms with Crippen molar-refractivity contribution in [3.05, 3.63) is 66.4 Å². The van der Waals surface area contributed by atoms with E-state index in [-0.39, 0.29) is 11.3 Å². The number of carbonyl (C=O) groups is 3. The molecule has 1 aromatic heterocycles. The van der Waals surface area contributed by atoms with Crippen LogP contribution in [0.5, 0.6) is 0 Å². The van der Waals surface area contributed by atoms with Crippen molar-refractivity contribution < 1.29 is 32.3 Å². The van der Waals surface area contributed by atoms with Gasteiger partial charge in [-0.15, -0.1) is 0 Å². The van der Waals surface area contributed by atoms with E-state index in [0.717, 1.165) is 3.97 Å². The van der Waals surface area contributed by atoms with Crippen molar-refractivity contribution >= 4 is 38.9 Å². The first kappa shape index (κ1) is 26.7. The average molecular weight is 516 g/mol. The van der Waals surface area contributed by atoms with Crippen molar-refractivity contribution in [1.29, 1.82) is 0 Å². The summed E-state index contributed by atoms with van der Waals surface area (Å²) in [6.07, 6.45) is 0.537. The van der Waals surface area contributed by atoms with Crippen LogP contribution in [0.2, 0.25) is 0 Å². The number of rotatable bonds is 8. The highest BCUT2D eigenvalue weighted by atomic mass is 32.2. The molecule has 0 aliphatic rings. The molecule has 0 aliphatic carbocycles. The molecule has 2 N–H and O–H groups in total. The minimum absolute atomic E-state index is 0.0654. The smallest absolute Gasteiger partial charge is 0.408 e. The Morgan fingerprint density at radius 2 is 1.64 bits per heavy atom. The Balaban J connectivity index is 1.99. The number of alkyl carbamates (subject to hydrolysis) is 1. The minimum Gasteiger partial charge on any atom is -0.468 e. The number of para-hydroxylation sites is 1. The first-order valence-electron chi connectivity index (χ1n) is 11.2.